The van der Waals surface area contributed by atoms with Gasteiger partial charge in [0.1, 0.15) is 18.2 Å². The van der Waals surface area contributed by atoms with Gasteiger partial charge in [0, 0.05) is 13.1 Å². The molecule has 2 heterocycles. The third-order valence-electron chi connectivity index (χ3n) is 3.51. The average Bonchev–Trinajstić information content (AvgIpc) is 3.05. The fourth-order valence-corrected chi connectivity index (χ4v) is 2.17. The number of rotatable bonds is 5. The lowest BCUT2D eigenvalue weighted by atomic mass is 10.1. The van der Waals surface area contributed by atoms with Crippen molar-refractivity contribution in [2.45, 2.75) is 20.0 Å². The van der Waals surface area contributed by atoms with Gasteiger partial charge in [-0.05, 0) is 31.5 Å². The zero-order valence-corrected chi connectivity index (χ0v) is 12.1. The van der Waals surface area contributed by atoms with Crippen LogP contribution in [0, 0.1) is 6.92 Å². The Bertz CT molecular complexity index is 654. The Kier molecular flexibility index (Phi) is 3.66. The number of hydrogen-bond acceptors (Lipinski definition) is 6. The monoisotopic (exact) mass is 290 g/mol. The van der Waals surface area contributed by atoms with Crippen molar-refractivity contribution in [3.8, 4) is 17.2 Å². The quantitative estimate of drug-likeness (QED) is 0.882. The van der Waals surface area contributed by atoms with Crippen LogP contribution >= 0.6 is 0 Å². The molecule has 0 amide bonds. The highest BCUT2D eigenvalue weighted by atomic mass is 16.7. The highest BCUT2D eigenvalue weighted by molar-refractivity contribution is 5.52. The summed E-state index contributed by atoms with van der Waals surface area (Å²) in [4.78, 5) is 0. The number of benzene rings is 1. The number of aryl methyl sites for hydroxylation is 1. The molecule has 2 aromatic rings. The van der Waals surface area contributed by atoms with Crippen LogP contribution in [-0.2, 0) is 20.1 Å². The Morgan fingerprint density at radius 2 is 2.05 bits per heavy atom. The Morgan fingerprint density at radius 3 is 2.71 bits per heavy atom. The van der Waals surface area contributed by atoms with Crippen LogP contribution < -0.4 is 19.9 Å². The Hall–Kier alpha value is -2.28. The summed E-state index contributed by atoms with van der Waals surface area (Å²) < 4.78 is 18.5. The molecule has 1 aromatic carbocycles. The zero-order valence-electron chi connectivity index (χ0n) is 12.1. The van der Waals surface area contributed by atoms with Crippen molar-refractivity contribution in [3.63, 3.8) is 0 Å². The molecule has 0 fully saturated rings. The summed E-state index contributed by atoms with van der Waals surface area (Å²) in [6.07, 6.45) is 0.712. The van der Waals surface area contributed by atoms with E-state index in [-0.39, 0.29) is 6.79 Å². The molecule has 0 saturated carbocycles. The second-order valence-electron chi connectivity index (χ2n) is 4.86. The Balaban J connectivity index is 1.82. The highest BCUT2D eigenvalue weighted by Gasteiger charge is 2.18. The first-order valence-electron chi connectivity index (χ1n) is 6.79. The molecule has 0 aliphatic carbocycles. The first-order valence-corrected chi connectivity index (χ1v) is 6.79. The molecule has 0 atom stereocenters. The lowest BCUT2D eigenvalue weighted by molar-refractivity contribution is 0.173. The van der Waals surface area contributed by atoms with Gasteiger partial charge in [-0.1, -0.05) is 0 Å². The van der Waals surface area contributed by atoms with E-state index in [0.717, 1.165) is 28.7 Å². The molecular weight excluding hydrogens is 272 g/mol. The molecule has 0 bridgehead atoms. The summed E-state index contributed by atoms with van der Waals surface area (Å²) in [6, 6.07) is 3.77. The maximum Gasteiger partial charge on any atom is 0.231 e. The van der Waals surface area contributed by atoms with Crippen LogP contribution in [0.15, 0.2) is 12.1 Å². The van der Waals surface area contributed by atoms with Gasteiger partial charge in [-0.15, -0.1) is 10.2 Å². The molecule has 3 rings (SSSR count). The largest absolute Gasteiger partial charge is 0.485 e. The van der Waals surface area contributed by atoms with E-state index in [1.165, 1.54) is 0 Å². The molecule has 0 radical (unpaired) electrons. The molecular formula is C14H18N4O3. The average molecular weight is 290 g/mol. The van der Waals surface area contributed by atoms with Gasteiger partial charge in [-0.25, -0.2) is 0 Å². The van der Waals surface area contributed by atoms with Crippen LogP contribution in [0.3, 0.4) is 0 Å². The van der Waals surface area contributed by atoms with Gasteiger partial charge in [0.15, 0.2) is 17.3 Å². The SMILES string of the molecule is Cc1nnc(COc2cc3c(cc2CCN)OCO3)n1C. The van der Waals surface area contributed by atoms with Crippen LogP contribution in [0.25, 0.3) is 0 Å². The number of aromatic nitrogens is 3. The van der Waals surface area contributed by atoms with E-state index >= 15 is 0 Å². The molecule has 1 aromatic heterocycles. The molecule has 0 spiro atoms. The van der Waals surface area contributed by atoms with Crippen LogP contribution in [-0.4, -0.2) is 28.1 Å². The molecule has 112 valence electrons. The fourth-order valence-electron chi connectivity index (χ4n) is 2.17. The van der Waals surface area contributed by atoms with Crippen LogP contribution in [0.2, 0.25) is 0 Å². The Labute approximate surface area is 122 Å². The molecule has 7 heteroatoms. The summed E-state index contributed by atoms with van der Waals surface area (Å²) in [5.74, 6) is 3.79. The van der Waals surface area contributed by atoms with Crippen LogP contribution in [0.4, 0.5) is 0 Å². The molecule has 1 aliphatic rings. The first-order chi connectivity index (χ1) is 10.2. The van der Waals surface area contributed by atoms with Crippen molar-refractivity contribution < 1.29 is 14.2 Å². The minimum atomic E-state index is 0.239. The lowest BCUT2D eigenvalue weighted by Gasteiger charge is -2.12. The van der Waals surface area contributed by atoms with Crippen molar-refractivity contribution in [1.29, 1.82) is 0 Å². The van der Waals surface area contributed by atoms with E-state index in [0.29, 0.717) is 25.3 Å². The van der Waals surface area contributed by atoms with Crippen molar-refractivity contribution in [3.05, 3.63) is 29.3 Å². The Morgan fingerprint density at radius 1 is 1.29 bits per heavy atom. The predicted molar refractivity (Wildman–Crippen MR) is 75.4 cm³/mol. The summed E-state index contributed by atoms with van der Waals surface area (Å²) in [5, 5.41) is 8.10. The number of ether oxygens (including phenoxy) is 3. The maximum atomic E-state index is 5.88. The highest BCUT2D eigenvalue weighted by Crippen LogP contribution is 2.38. The number of nitrogens with zero attached hydrogens (tertiary/aromatic N) is 3. The number of fused-ring (bicyclic) bond motifs is 1. The van der Waals surface area contributed by atoms with Crippen molar-refractivity contribution in [2.24, 2.45) is 12.8 Å². The normalized spacial score (nSPS) is 12.7. The minimum absolute atomic E-state index is 0.239. The summed E-state index contributed by atoms with van der Waals surface area (Å²) >= 11 is 0. The molecule has 2 N–H and O–H groups in total. The second-order valence-corrected chi connectivity index (χ2v) is 4.86. The third kappa shape index (κ3) is 2.64. The topological polar surface area (TPSA) is 84.4 Å². The summed E-state index contributed by atoms with van der Waals surface area (Å²) in [7, 11) is 1.91. The lowest BCUT2D eigenvalue weighted by Crippen LogP contribution is -2.08. The summed E-state index contributed by atoms with van der Waals surface area (Å²) in [5.41, 5.74) is 6.66. The van der Waals surface area contributed by atoms with Crippen molar-refractivity contribution >= 4 is 0 Å². The van der Waals surface area contributed by atoms with Crippen molar-refractivity contribution in [2.75, 3.05) is 13.3 Å². The number of hydrogen-bond donors (Lipinski definition) is 1. The van der Waals surface area contributed by atoms with Gasteiger partial charge in [-0.2, -0.15) is 0 Å². The van der Waals surface area contributed by atoms with Gasteiger partial charge >= 0.3 is 0 Å². The van der Waals surface area contributed by atoms with Gasteiger partial charge in [0.05, 0.1) is 0 Å². The minimum Gasteiger partial charge on any atom is -0.485 e. The molecule has 1 aliphatic heterocycles. The molecule has 0 unspecified atom stereocenters. The van der Waals surface area contributed by atoms with E-state index in [2.05, 4.69) is 10.2 Å². The number of nitrogens with two attached hydrogens (primary N) is 1. The smallest absolute Gasteiger partial charge is 0.231 e. The molecule has 0 saturated heterocycles. The van der Waals surface area contributed by atoms with Crippen LogP contribution in [0.1, 0.15) is 17.2 Å². The van der Waals surface area contributed by atoms with E-state index in [1.807, 2.05) is 30.7 Å². The maximum absolute atomic E-state index is 5.88. The van der Waals surface area contributed by atoms with E-state index in [9.17, 15) is 0 Å². The molecule has 7 nitrogen and oxygen atoms in total. The van der Waals surface area contributed by atoms with Gasteiger partial charge in [0.25, 0.3) is 0 Å². The molecule has 21 heavy (non-hydrogen) atoms. The predicted octanol–water partition coefficient (Wildman–Crippen LogP) is 0.932. The van der Waals surface area contributed by atoms with Gasteiger partial charge in [0.2, 0.25) is 6.79 Å². The standard InChI is InChI=1S/C14H18N4O3/c1-9-16-17-14(18(9)2)7-19-11-6-13-12(20-8-21-13)5-10(11)3-4-15/h5-6H,3-4,7-8,15H2,1-2H3. The summed E-state index contributed by atoms with van der Waals surface area (Å²) in [6.45, 7) is 3.02. The van der Waals surface area contributed by atoms with E-state index in [4.69, 9.17) is 19.9 Å². The van der Waals surface area contributed by atoms with Crippen LogP contribution in [0.5, 0.6) is 17.2 Å². The van der Waals surface area contributed by atoms with E-state index in [1.54, 1.807) is 0 Å². The first kappa shape index (κ1) is 13.7. The van der Waals surface area contributed by atoms with E-state index < -0.39 is 0 Å². The van der Waals surface area contributed by atoms with Gasteiger partial charge < -0.3 is 24.5 Å². The third-order valence-corrected chi connectivity index (χ3v) is 3.51. The second kappa shape index (κ2) is 5.61. The van der Waals surface area contributed by atoms with Crippen molar-refractivity contribution in [1.82, 2.24) is 14.8 Å². The van der Waals surface area contributed by atoms with Gasteiger partial charge in [-0.3, -0.25) is 0 Å². The fraction of sp³-hybridized carbons (Fsp3) is 0.429. The zero-order chi connectivity index (χ0) is 14.8.